The summed E-state index contributed by atoms with van der Waals surface area (Å²) in [6, 6.07) is 11.6. The molecule has 0 saturated carbocycles. The van der Waals surface area contributed by atoms with E-state index in [1.165, 1.54) is 23.0 Å². The van der Waals surface area contributed by atoms with Crippen LogP contribution in [0.2, 0.25) is 10.0 Å². The second-order valence-corrected chi connectivity index (χ2v) is 7.14. The molecule has 0 unspecified atom stereocenters. The van der Waals surface area contributed by atoms with E-state index < -0.39 is 23.1 Å². The molecule has 1 amide bonds. The third-order valence-electron chi connectivity index (χ3n) is 4.24. The van der Waals surface area contributed by atoms with E-state index in [1.54, 1.807) is 30.3 Å². The van der Waals surface area contributed by atoms with Gasteiger partial charge in [0.1, 0.15) is 18.4 Å². The summed E-state index contributed by atoms with van der Waals surface area (Å²) in [5.41, 5.74) is 5.56. The van der Waals surface area contributed by atoms with Crippen molar-refractivity contribution < 1.29 is 14.5 Å². The molecule has 13 heteroatoms. The van der Waals surface area contributed by atoms with Crippen LogP contribution in [0.15, 0.2) is 55.1 Å². The first-order valence-electron chi connectivity index (χ1n) is 8.98. The summed E-state index contributed by atoms with van der Waals surface area (Å²) in [4.78, 5) is 35.4. The summed E-state index contributed by atoms with van der Waals surface area (Å²) >= 11 is 11.8. The number of hydrazine groups is 1. The Hall–Kier alpha value is -3.96. The minimum absolute atomic E-state index is 0.0142. The SMILES string of the molecule is O=C(COc1ccc(Cl)cc1Cl)NNc1ncnc(-n2cnc3ccccc32)c1[N+](=O)[O-]. The number of carbonyl (C=O) groups is 1. The number of amides is 1. The van der Waals surface area contributed by atoms with E-state index in [1.807, 2.05) is 0 Å². The molecule has 4 aromatic rings. The fourth-order valence-corrected chi connectivity index (χ4v) is 3.30. The molecule has 0 spiro atoms. The van der Waals surface area contributed by atoms with Gasteiger partial charge in [-0.05, 0) is 30.3 Å². The van der Waals surface area contributed by atoms with E-state index in [9.17, 15) is 14.9 Å². The van der Waals surface area contributed by atoms with Crippen molar-refractivity contribution in [2.45, 2.75) is 0 Å². The number of anilines is 1. The Labute approximate surface area is 190 Å². The largest absolute Gasteiger partial charge is 0.482 e. The van der Waals surface area contributed by atoms with Crippen molar-refractivity contribution in [2.75, 3.05) is 12.0 Å². The van der Waals surface area contributed by atoms with Gasteiger partial charge in [-0.1, -0.05) is 35.3 Å². The van der Waals surface area contributed by atoms with E-state index in [2.05, 4.69) is 25.8 Å². The summed E-state index contributed by atoms with van der Waals surface area (Å²) in [7, 11) is 0. The van der Waals surface area contributed by atoms with Crippen molar-refractivity contribution in [3.8, 4) is 11.6 Å². The van der Waals surface area contributed by atoms with Gasteiger partial charge in [0.25, 0.3) is 5.91 Å². The molecule has 4 rings (SSSR count). The number of halogens is 2. The Bertz CT molecular complexity index is 1330. The molecule has 2 aromatic carbocycles. The number of carbonyl (C=O) groups excluding carboxylic acids is 1. The van der Waals surface area contributed by atoms with Gasteiger partial charge < -0.3 is 4.74 Å². The number of imidazole rings is 1. The smallest absolute Gasteiger partial charge is 0.355 e. The number of hydrogen-bond acceptors (Lipinski definition) is 8. The van der Waals surface area contributed by atoms with Crippen LogP contribution < -0.4 is 15.6 Å². The standard InChI is InChI=1S/C19H13Cl2N7O4/c20-11-5-6-15(12(21)7-11)32-8-16(29)25-26-18-17(28(30)31)19(23-9-22-18)27-10-24-13-3-1-2-4-14(13)27/h1-7,9-10H,8H2,(H,25,29)(H,22,23,26). The third-order valence-corrected chi connectivity index (χ3v) is 4.77. The van der Waals surface area contributed by atoms with Gasteiger partial charge >= 0.3 is 5.69 Å². The zero-order valence-electron chi connectivity index (χ0n) is 16.0. The van der Waals surface area contributed by atoms with Crippen LogP contribution in [-0.2, 0) is 4.79 Å². The molecule has 0 fully saturated rings. The molecular weight excluding hydrogens is 461 g/mol. The highest BCUT2D eigenvalue weighted by Crippen LogP contribution is 2.30. The molecule has 2 N–H and O–H groups in total. The molecule has 0 atom stereocenters. The van der Waals surface area contributed by atoms with Gasteiger partial charge in [0.15, 0.2) is 6.61 Å². The third kappa shape index (κ3) is 4.38. The lowest BCUT2D eigenvalue weighted by molar-refractivity contribution is -0.384. The number of nitrogens with zero attached hydrogens (tertiary/aromatic N) is 5. The molecule has 11 nitrogen and oxygen atoms in total. The Morgan fingerprint density at radius 3 is 2.75 bits per heavy atom. The monoisotopic (exact) mass is 473 g/mol. The van der Waals surface area contributed by atoms with E-state index >= 15 is 0 Å². The lowest BCUT2D eigenvalue weighted by atomic mass is 10.3. The second-order valence-electron chi connectivity index (χ2n) is 6.29. The molecule has 2 heterocycles. The van der Waals surface area contributed by atoms with Gasteiger partial charge in [-0.25, -0.2) is 15.0 Å². The van der Waals surface area contributed by atoms with Crippen molar-refractivity contribution in [1.82, 2.24) is 24.9 Å². The van der Waals surface area contributed by atoms with Crippen LogP contribution in [0.1, 0.15) is 0 Å². The molecule has 0 aliphatic rings. The van der Waals surface area contributed by atoms with Gasteiger partial charge in [0.2, 0.25) is 11.6 Å². The summed E-state index contributed by atoms with van der Waals surface area (Å²) in [6.45, 7) is -0.410. The van der Waals surface area contributed by atoms with Crippen LogP contribution in [0, 0.1) is 10.1 Å². The predicted molar refractivity (Wildman–Crippen MR) is 117 cm³/mol. The van der Waals surface area contributed by atoms with Crippen molar-refractivity contribution in [1.29, 1.82) is 0 Å². The number of aromatic nitrogens is 4. The maximum absolute atomic E-state index is 12.1. The van der Waals surface area contributed by atoms with E-state index in [4.69, 9.17) is 27.9 Å². The van der Waals surface area contributed by atoms with Crippen molar-refractivity contribution in [2.24, 2.45) is 0 Å². The molecule has 0 aliphatic heterocycles. The Balaban J connectivity index is 1.52. The van der Waals surface area contributed by atoms with Crippen LogP contribution in [-0.4, -0.2) is 37.0 Å². The van der Waals surface area contributed by atoms with Gasteiger partial charge in [-0.2, -0.15) is 0 Å². The maximum atomic E-state index is 12.1. The number of ether oxygens (including phenoxy) is 1. The second kappa shape index (κ2) is 9.04. The first-order valence-corrected chi connectivity index (χ1v) is 9.74. The van der Waals surface area contributed by atoms with Gasteiger partial charge in [0.05, 0.1) is 21.0 Å². The minimum Gasteiger partial charge on any atom is -0.482 e. The molecular formula is C19H13Cl2N7O4. The molecule has 0 bridgehead atoms. The van der Waals surface area contributed by atoms with E-state index in [-0.39, 0.29) is 22.4 Å². The summed E-state index contributed by atoms with van der Waals surface area (Å²) in [5, 5.41) is 12.4. The summed E-state index contributed by atoms with van der Waals surface area (Å²) in [6.07, 6.45) is 2.56. The Morgan fingerprint density at radius 2 is 1.97 bits per heavy atom. The van der Waals surface area contributed by atoms with Crippen molar-refractivity contribution in [3.05, 3.63) is 75.3 Å². The topological polar surface area (TPSA) is 137 Å². The molecule has 0 saturated heterocycles. The fourth-order valence-electron chi connectivity index (χ4n) is 2.83. The Kier molecular flexibility index (Phi) is 6.01. The zero-order valence-corrected chi connectivity index (χ0v) is 17.5. The number of nitrogens with one attached hydrogen (secondary N) is 2. The molecule has 2 aromatic heterocycles. The number of fused-ring (bicyclic) bond motifs is 1. The van der Waals surface area contributed by atoms with Gasteiger partial charge in [0, 0.05) is 5.02 Å². The molecule has 0 radical (unpaired) electrons. The fraction of sp³-hybridized carbons (Fsp3) is 0.0526. The van der Waals surface area contributed by atoms with Crippen LogP contribution in [0.5, 0.6) is 5.75 Å². The minimum atomic E-state index is -0.650. The Morgan fingerprint density at radius 1 is 1.16 bits per heavy atom. The molecule has 32 heavy (non-hydrogen) atoms. The highest BCUT2D eigenvalue weighted by atomic mass is 35.5. The van der Waals surface area contributed by atoms with Crippen LogP contribution in [0.25, 0.3) is 16.9 Å². The molecule has 0 aliphatic carbocycles. The predicted octanol–water partition coefficient (Wildman–Crippen LogP) is 3.55. The highest BCUT2D eigenvalue weighted by Gasteiger charge is 2.25. The maximum Gasteiger partial charge on any atom is 0.355 e. The number of rotatable bonds is 7. The van der Waals surface area contributed by atoms with Crippen LogP contribution in [0.3, 0.4) is 0 Å². The quantitative estimate of drug-likeness (QED) is 0.307. The number of hydrogen-bond donors (Lipinski definition) is 2. The van der Waals surface area contributed by atoms with Crippen LogP contribution in [0.4, 0.5) is 11.5 Å². The van der Waals surface area contributed by atoms with Crippen molar-refractivity contribution >= 4 is 51.6 Å². The zero-order chi connectivity index (χ0) is 22.7. The van der Waals surface area contributed by atoms with E-state index in [0.717, 1.165) is 6.33 Å². The first-order chi connectivity index (χ1) is 15.4. The summed E-state index contributed by atoms with van der Waals surface area (Å²) < 4.78 is 6.79. The number of benzene rings is 2. The lowest BCUT2D eigenvalue weighted by Gasteiger charge is -2.11. The van der Waals surface area contributed by atoms with Gasteiger partial charge in [-0.3, -0.25) is 30.3 Å². The highest BCUT2D eigenvalue weighted by molar-refractivity contribution is 6.35. The number of para-hydroxylation sites is 2. The first kappa shape index (κ1) is 21.3. The number of nitro groups is 1. The van der Waals surface area contributed by atoms with Crippen LogP contribution >= 0.6 is 23.2 Å². The van der Waals surface area contributed by atoms with Crippen molar-refractivity contribution in [3.63, 3.8) is 0 Å². The van der Waals surface area contributed by atoms with Gasteiger partial charge in [-0.15, -0.1) is 0 Å². The summed E-state index contributed by atoms with van der Waals surface area (Å²) in [5.74, 6) is -0.595. The lowest BCUT2D eigenvalue weighted by Crippen LogP contribution is -2.34. The average molecular weight is 474 g/mol. The van der Waals surface area contributed by atoms with E-state index in [0.29, 0.717) is 16.1 Å². The normalized spacial score (nSPS) is 10.7. The average Bonchev–Trinajstić information content (AvgIpc) is 3.20. The molecule has 162 valence electrons.